The molecule has 0 bridgehead atoms. The van der Waals surface area contributed by atoms with E-state index in [0.717, 1.165) is 5.69 Å². The van der Waals surface area contributed by atoms with Gasteiger partial charge in [0.15, 0.2) is 11.8 Å². The number of benzene rings is 1. The molecule has 0 amide bonds. The highest BCUT2D eigenvalue weighted by Gasteiger charge is 2.48. The Morgan fingerprint density at radius 1 is 1.23 bits per heavy atom. The summed E-state index contributed by atoms with van der Waals surface area (Å²) in [4.78, 5) is 11.8. The summed E-state index contributed by atoms with van der Waals surface area (Å²) in [7, 11) is 0. The zero-order valence-electron chi connectivity index (χ0n) is 15.9. The monoisotopic (exact) mass is 450 g/mol. The summed E-state index contributed by atoms with van der Waals surface area (Å²) in [6.45, 7) is 0.549. The van der Waals surface area contributed by atoms with E-state index in [1.807, 2.05) is 30.5 Å². The van der Waals surface area contributed by atoms with Crippen molar-refractivity contribution < 1.29 is 24.1 Å². The summed E-state index contributed by atoms with van der Waals surface area (Å²) in [5, 5.41) is 10.2. The van der Waals surface area contributed by atoms with Crippen LogP contribution in [-0.4, -0.2) is 63.9 Å². The highest BCUT2D eigenvalue weighted by atomic mass is 35.5. The molecule has 5 rings (SSSR count). The molecule has 11 heteroatoms. The molecule has 0 radical (unpaired) electrons. The highest BCUT2D eigenvalue weighted by molar-refractivity contribution is 7.99. The van der Waals surface area contributed by atoms with E-state index in [2.05, 4.69) is 19.7 Å². The number of rotatable bonds is 6. The van der Waals surface area contributed by atoms with Crippen LogP contribution in [-0.2, 0) is 9.47 Å². The molecular weight excluding hydrogens is 432 g/mol. The zero-order valence-corrected chi connectivity index (χ0v) is 17.4. The van der Waals surface area contributed by atoms with Gasteiger partial charge in [-0.05, 0) is 18.2 Å². The van der Waals surface area contributed by atoms with Crippen LogP contribution in [0.25, 0.3) is 11.2 Å². The van der Waals surface area contributed by atoms with Gasteiger partial charge in [-0.25, -0.2) is 0 Å². The first kappa shape index (κ1) is 19.7. The van der Waals surface area contributed by atoms with Gasteiger partial charge in [0.05, 0.1) is 18.7 Å². The molecule has 2 aliphatic rings. The maximum atomic E-state index is 9.85. The number of imidazole rings is 1. The van der Waals surface area contributed by atoms with E-state index in [4.69, 9.17) is 30.5 Å². The Kier molecular flexibility index (Phi) is 5.34. The van der Waals surface area contributed by atoms with Crippen LogP contribution in [0.1, 0.15) is 0 Å². The predicted octanol–water partition coefficient (Wildman–Crippen LogP) is 3.00. The van der Waals surface area contributed by atoms with Crippen LogP contribution in [0.4, 0.5) is 5.69 Å². The van der Waals surface area contributed by atoms with E-state index in [0.29, 0.717) is 28.5 Å². The molecule has 0 saturated carbocycles. The third kappa shape index (κ3) is 3.77. The summed E-state index contributed by atoms with van der Waals surface area (Å²) in [5.74, 6) is 0.843. The van der Waals surface area contributed by atoms with Crippen molar-refractivity contribution in [2.45, 2.75) is 24.4 Å². The minimum Gasteiger partial charge on any atom is -0.456 e. The van der Waals surface area contributed by atoms with Crippen molar-refractivity contribution in [2.24, 2.45) is 0 Å². The van der Waals surface area contributed by atoms with Crippen molar-refractivity contribution in [3.05, 3.63) is 35.4 Å². The largest absolute Gasteiger partial charge is 0.456 e. The number of aromatic nitrogens is 3. The SMILES string of the molecule is CSNc1cccc(Oc2nc3nc(O[C@@H]4CO[C@H]5[C@@H]4OC[C@H]5O)[nH]c3cc2Cl)c1. The Morgan fingerprint density at radius 2 is 2.10 bits per heavy atom. The lowest BCUT2D eigenvalue weighted by atomic mass is 10.1. The molecule has 30 heavy (non-hydrogen) atoms. The van der Waals surface area contributed by atoms with Crippen LogP contribution in [0, 0.1) is 0 Å². The van der Waals surface area contributed by atoms with Gasteiger partial charge < -0.3 is 33.8 Å². The van der Waals surface area contributed by atoms with Crippen molar-refractivity contribution in [1.82, 2.24) is 15.0 Å². The quantitative estimate of drug-likeness (QED) is 0.488. The lowest BCUT2D eigenvalue weighted by Crippen LogP contribution is -2.34. The number of nitrogens with one attached hydrogen (secondary N) is 2. The fraction of sp³-hybridized carbons (Fsp3) is 0.368. The van der Waals surface area contributed by atoms with Gasteiger partial charge in [0.1, 0.15) is 29.1 Å². The number of nitrogens with zero attached hydrogens (tertiary/aromatic N) is 2. The maximum absolute atomic E-state index is 9.85. The molecule has 3 aromatic rings. The van der Waals surface area contributed by atoms with E-state index < -0.39 is 6.10 Å². The van der Waals surface area contributed by atoms with Gasteiger partial charge >= 0.3 is 0 Å². The summed E-state index contributed by atoms with van der Waals surface area (Å²) in [6.07, 6.45) is 0.236. The van der Waals surface area contributed by atoms with Crippen molar-refractivity contribution in [1.29, 1.82) is 0 Å². The normalized spacial score (nSPS) is 25.4. The molecule has 4 heterocycles. The molecule has 2 fully saturated rings. The number of anilines is 1. The second-order valence-corrected chi connectivity index (χ2v) is 7.96. The number of hydrogen-bond donors (Lipinski definition) is 3. The summed E-state index contributed by atoms with van der Waals surface area (Å²) < 4.78 is 26.1. The Labute approximate surface area is 181 Å². The first-order valence-corrected chi connectivity index (χ1v) is 10.9. The van der Waals surface area contributed by atoms with Crippen molar-refractivity contribution in [3.63, 3.8) is 0 Å². The van der Waals surface area contributed by atoms with Gasteiger partial charge in [-0.15, -0.1) is 0 Å². The number of halogens is 1. The molecular formula is C19H19ClN4O5S. The Balaban J connectivity index is 1.35. The van der Waals surface area contributed by atoms with Crippen molar-refractivity contribution in [3.8, 4) is 17.6 Å². The first-order chi connectivity index (χ1) is 14.6. The minimum absolute atomic E-state index is 0.237. The third-order valence-electron chi connectivity index (χ3n) is 4.89. The Hall–Kier alpha value is -2.24. The fourth-order valence-electron chi connectivity index (χ4n) is 3.55. The van der Waals surface area contributed by atoms with E-state index in [-0.39, 0.29) is 36.8 Å². The predicted molar refractivity (Wildman–Crippen MR) is 112 cm³/mol. The molecule has 0 spiro atoms. The van der Waals surface area contributed by atoms with Gasteiger partial charge in [-0.1, -0.05) is 29.6 Å². The minimum atomic E-state index is -0.635. The third-order valence-corrected chi connectivity index (χ3v) is 5.60. The molecule has 2 saturated heterocycles. The molecule has 0 unspecified atom stereocenters. The number of hydrogen-bond acceptors (Lipinski definition) is 9. The van der Waals surface area contributed by atoms with Crippen LogP contribution < -0.4 is 14.2 Å². The van der Waals surface area contributed by atoms with Gasteiger partial charge in [-0.2, -0.15) is 9.97 Å². The van der Waals surface area contributed by atoms with Crippen LogP contribution in [0.5, 0.6) is 17.6 Å². The number of aliphatic hydroxyl groups is 1. The molecule has 2 aliphatic heterocycles. The summed E-state index contributed by atoms with van der Waals surface area (Å²) in [5.41, 5.74) is 1.93. The van der Waals surface area contributed by atoms with Crippen molar-refractivity contribution in [2.75, 3.05) is 24.2 Å². The van der Waals surface area contributed by atoms with Gasteiger partial charge in [0.25, 0.3) is 6.01 Å². The van der Waals surface area contributed by atoms with Crippen LogP contribution in [0.2, 0.25) is 5.02 Å². The smallest absolute Gasteiger partial charge is 0.296 e. The average molecular weight is 451 g/mol. The molecule has 3 N–H and O–H groups in total. The zero-order chi connectivity index (χ0) is 20.7. The van der Waals surface area contributed by atoms with Crippen LogP contribution >= 0.6 is 23.5 Å². The van der Waals surface area contributed by atoms with E-state index in [9.17, 15) is 5.11 Å². The lowest BCUT2D eigenvalue weighted by molar-refractivity contribution is 0.00706. The Bertz CT molecular complexity index is 1070. The number of pyridine rings is 1. The number of aromatic amines is 1. The van der Waals surface area contributed by atoms with Gasteiger partial charge in [0, 0.05) is 18.0 Å². The second-order valence-electron chi connectivity index (χ2n) is 6.94. The average Bonchev–Trinajstić information content (AvgIpc) is 3.40. The summed E-state index contributed by atoms with van der Waals surface area (Å²) in [6, 6.07) is 9.44. The number of ether oxygens (including phenoxy) is 4. The number of aliphatic hydroxyl groups excluding tert-OH is 1. The number of fused-ring (bicyclic) bond motifs is 2. The van der Waals surface area contributed by atoms with Crippen LogP contribution in [0.15, 0.2) is 30.3 Å². The lowest BCUT2D eigenvalue weighted by Gasteiger charge is -2.15. The maximum Gasteiger partial charge on any atom is 0.296 e. The fourth-order valence-corrected chi connectivity index (χ4v) is 4.10. The van der Waals surface area contributed by atoms with Crippen LogP contribution in [0.3, 0.4) is 0 Å². The molecule has 4 atom stereocenters. The van der Waals surface area contributed by atoms with Crippen molar-refractivity contribution >= 4 is 40.4 Å². The van der Waals surface area contributed by atoms with E-state index in [1.54, 1.807) is 6.07 Å². The topological polar surface area (TPSA) is 111 Å². The molecule has 0 aliphatic carbocycles. The molecule has 2 aromatic heterocycles. The van der Waals surface area contributed by atoms with Gasteiger partial charge in [0.2, 0.25) is 5.88 Å². The second kappa shape index (κ2) is 8.12. The van der Waals surface area contributed by atoms with Gasteiger partial charge in [-0.3, -0.25) is 0 Å². The Morgan fingerprint density at radius 3 is 2.97 bits per heavy atom. The first-order valence-electron chi connectivity index (χ1n) is 9.32. The standard InChI is InChI=1S/C19H19ClN4O5S/c1-30-24-9-3-2-4-10(5-9)28-18-11(20)6-12-17(22-18)23-19(21-12)29-14-8-27-15-13(25)7-26-16(14)15/h2-6,13-16,24-25H,7-8H2,1H3,(H,21,22,23)/t13-,14-,15-,16-/m1/s1. The van der Waals surface area contributed by atoms with E-state index >= 15 is 0 Å². The van der Waals surface area contributed by atoms with E-state index in [1.165, 1.54) is 11.9 Å². The molecule has 158 valence electrons. The number of H-pyrrole nitrogens is 1. The summed E-state index contributed by atoms with van der Waals surface area (Å²) >= 11 is 7.85. The molecule has 1 aromatic carbocycles. The highest BCUT2D eigenvalue weighted by Crippen LogP contribution is 2.33. The molecule has 9 nitrogen and oxygen atoms in total.